The summed E-state index contributed by atoms with van der Waals surface area (Å²) in [4.78, 5) is 7.81. The summed E-state index contributed by atoms with van der Waals surface area (Å²) in [6, 6.07) is 39.7. The molecule has 41 heavy (non-hydrogen) atoms. The summed E-state index contributed by atoms with van der Waals surface area (Å²) in [7, 11) is 0. The summed E-state index contributed by atoms with van der Waals surface area (Å²) in [5.74, 6) is 0. The van der Waals surface area contributed by atoms with Gasteiger partial charge >= 0.3 is 21.1 Å². The Hall–Kier alpha value is -1.65. The van der Waals surface area contributed by atoms with Gasteiger partial charge in [-0.15, -0.1) is 0 Å². The molecule has 11 heteroatoms. The normalized spacial score (nSPS) is 21.9. The van der Waals surface area contributed by atoms with Gasteiger partial charge in [-0.25, -0.2) is 0 Å². The molecule has 0 radical (unpaired) electrons. The van der Waals surface area contributed by atoms with Crippen LogP contribution in [0.15, 0.2) is 121 Å². The second-order valence-corrected chi connectivity index (χ2v) is 11.6. The van der Waals surface area contributed by atoms with Gasteiger partial charge in [0.05, 0.1) is 0 Å². The Balaban J connectivity index is 0.000000184. The first-order chi connectivity index (χ1) is 19.4. The van der Waals surface area contributed by atoms with Crippen LogP contribution in [0.3, 0.4) is 0 Å². The zero-order valence-corrected chi connectivity index (χ0v) is 28.6. The molecule has 0 aromatic heterocycles. The molecular formula is C30H24N4PtS6. The van der Waals surface area contributed by atoms with E-state index in [2.05, 4.69) is 0 Å². The molecule has 2 aliphatic rings. The topological polar surface area (TPSA) is 13.0 Å². The Morgan fingerprint density at radius 3 is 0.707 bits per heavy atom. The molecule has 2 fully saturated rings. The molecule has 6 rings (SSSR count). The first-order valence-corrected chi connectivity index (χ1v) is 15.2. The molecule has 0 N–H and O–H groups in total. The number of benzene rings is 4. The predicted octanol–water partition coefficient (Wildman–Crippen LogP) is 6.09. The van der Waals surface area contributed by atoms with Crippen LogP contribution in [-0.2, 0) is 71.6 Å². The minimum Gasteiger partial charge on any atom is -0.768 e. The third-order valence-corrected chi connectivity index (χ3v) is 9.47. The van der Waals surface area contributed by atoms with Crippen molar-refractivity contribution in [3.63, 3.8) is 0 Å². The van der Waals surface area contributed by atoms with Crippen LogP contribution in [-0.4, -0.2) is 31.7 Å². The molecule has 4 aromatic carbocycles. The molecule has 4 nitrogen and oxygen atoms in total. The molecule has 0 bridgehead atoms. The maximum atomic E-state index is 5.60. The Labute approximate surface area is 289 Å². The first-order valence-electron chi connectivity index (χ1n) is 12.5. The van der Waals surface area contributed by atoms with Crippen molar-refractivity contribution in [1.82, 2.24) is 0 Å². The minimum absolute atomic E-state index is 0. The second kappa shape index (κ2) is 14.7. The van der Waals surface area contributed by atoms with Gasteiger partial charge in [-0.2, -0.15) is 0 Å². The van der Waals surface area contributed by atoms with Gasteiger partial charge in [0.2, 0.25) is 0 Å². The van der Waals surface area contributed by atoms with Crippen molar-refractivity contribution in [3.8, 4) is 0 Å². The van der Waals surface area contributed by atoms with Gasteiger partial charge in [-0.1, -0.05) is 94.3 Å². The van der Waals surface area contributed by atoms with Gasteiger partial charge in [-0.3, -0.25) is 0 Å². The number of para-hydroxylation sites is 4. The standard InChI is InChI=1S/2C15H14N2S3.Pt/c2*18-13-14(19)17(12-9-5-2-6-10-12)15(20)16(13)11-7-3-1-4-8-11;/h2*1-10,13-14,18-19H;/q;;+4/p-4. The summed E-state index contributed by atoms with van der Waals surface area (Å²) in [6.07, 6.45) is 0. The smallest absolute Gasteiger partial charge is 0.768 e. The molecule has 210 valence electrons. The molecule has 4 unspecified atom stereocenters. The van der Waals surface area contributed by atoms with Crippen LogP contribution in [0.2, 0.25) is 0 Å². The maximum Gasteiger partial charge on any atom is 4.00 e. The monoisotopic (exact) mass is 827 g/mol. The molecule has 0 amide bonds. The summed E-state index contributed by atoms with van der Waals surface area (Å²) in [5.41, 5.74) is 3.97. The molecule has 0 spiro atoms. The molecule has 2 heterocycles. The number of anilines is 4. The Bertz CT molecular complexity index is 1220. The Morgan fingerprint density at radius 1 is 0.366 bits per heavy atom. The van der Waals surface area contributed by atoms with E-state index in [1.54, 1.807) is 0 Å². The first kappa shape index (κ1) is 32.3. The van der Waals surface area contributed by atoms with Crippen molar-refractivity contribution < 1.29 is 21.1 Å². The van der Waals surface area contributed by atoms with E-state index in [1.165, 1.54) is 0 Å². The molecule has 4 atom stereocenters. The zero-order valence-electron chi connectivity index (χ0n) is 21.4. The molecular weight excluding hydrogens is 804 g/mol. The van der Waals surface area contributed by atoms with E-state index in [9.17, 15) is 0 Å². The summed E-state index contributed by atoms with van der Waals surface area (Å²) >= 11 is 33.5. The number of rotatable bonds is 4. The van der Waals surface area contributed by atoms with Crippen molar-refractivity contribution in [2.45, 2.75) is 21.5 Å². The minimum atomic E-state index is -0.250. The van der Waals surface area contributed by atoms with Crippen LogP contribution in [0.25, 0.3) is 0 Å². The SMILES string of the molecule is S=C1N(c2ccccc2)C([S-])C([S-])N1c1ccccc1.S=C1N(c2ccccc2)C([S-])C([S-])N1c1ccccc1.[Pt+4]. The van der Waals surface area contributed by atoms with E-state index in [1.807, 2.05) is 141 Å². The van der Waals surface area contributed by atoms with E-state index in [0.717, 1.165) is 22.7 Å². The Morgan fingerprint density at radius 2 is 0.537 bits per heavy atom. The van der Waals surface area contributed by atoms with E-state index in [0.29, 0.717) is 10.2 Å². The summed E-state index contributed by atoms with van der Waals surface area (Å²) in [5, 5.41) is 0.338. The molecule has 0 aliphatic carbocycles. The van der Waals surface area contributed by atoms with Crippen LogP contribution in [0.1, 0.15) is 0 Å². The third kappa shape index (κ3) is 6.80. The number of nitrogens with zero attached hydrogens (tertiary/aromatic N) is 4. The van der Waals surface area contributed by atoms with Crippen LogP contribution < -0.4 is 19.6 Å². The number of thiocarbonyl (C=S) groups is 2. The number of hydrogen-bond acceptors (Lipinski definition) is 6. The van der Waals surface area contributed by atoms with Gasteiger partial charge in [-0.05, 0) is 73.0 Å². The predicted molar refractivity (Wildman–Crippen MR) is 185 cm³/mol. The molecule has 4 aromatic rings. The third-order valence-electron chi connectivity index (χ3n) is 6.47. The van der Waals surface area contributed by atoms with Gasteiger partial charge in [0.15, 0.2) is 10.2 Å². The summed E-state index contributed by atoms with van der Waals surface area (Å²) in [6.45, 7) is 0. The van der Waals surface area contributed by atoms with Gasteiger partial charge in [0, 0.05) is 22.7 Å². The quantitative estimate of drug-likeness (QED) is 0.177. The van der Waals surface area contributed by atoms with Gasteiger partial charge in [0.1, 0.15) is 0 Å². The number of hydrogen-bond donors (Lipinski definition) is 0. The van der Waals surface area contributed by atoms with Crippen LogP contribution in [0.4, 0.5) is 22.7 Å². The van der Waals surface area contributed by atoms with Crippen LogP contribution in [0.5, 0.6) is 0 Å². The van der Waals surface area contributed by atoms with Gasteiger partial charge in [0.25, 0.3) is 0 Å². The molecule has 2 aliphatic heterocycles. The maximum absolute atomic E-state index is 5.60. The molecule has 0 saturated carbocycles. The van der Waals surface area contributed by atoms with Crippen molar-refractivity contribution in [1.29, 1.82) is 0 Å². The fourth-order valence-electron chi connectivity index (χ4n) is 4.56. The second-order valence-electron chi connectivity index (χ2n) is 8.95. The fourth-order valence-corrected chi connectivity index (χ4v) is 7.08. The van der Waals surface area contributed by atoms with Crippen LogP contribution >= 0.6 is 24.4 Å². The Kier molecular flexibility index (Phi) is 11.6. The van der Waals surface area contributed by atoms with Crippen molar-refractivity contribution in [2.75, 3.05) is 19.6 Å². The fraction of sp³-hybridized carbons (Fsp3) is 0.133. The zero-order chi connectivity index (χ0) is 28.2. The van der Waals surface area contributed by atoms with Crippen LogP contribution in [0, 0.1) is 0 Å². The molecule has 2 saturated heterocycles. The van der Waals surface area contributed by atoms with Gasteiger partial charge < -0.3 is 70.1 Å². The van der Waals surface area contributed by atoms with Crippen molar-refractivity contribution >= 4 is 108 Å². The van der Waals surface area contributed by atoms with Crippen molar-refractivity contribution in [3.05, 3.63) is 121 Å². The van der Waals surface area contributed by atoms with E-state index in [-0.39, 0.29) is 42.6 Å². The van der Waals surface area contributed by atoms with Crippen molar-refractivity contribution in [2.24, 2.45) is 0 Å². The largest absolute Gasteiger partial charge is 4.00 e. The van der Waals surface area contributed by atoms with E-state index in [4.69, 9.17) is 75.0 Å². The van der Waals surface area contributed by atoms with E-state index >= 15 is 0 Å². The summed E-state index contributed by atoms with van der Waals surface area (Å²) < 4.78 is 0. The average molecular weight is 828 g/mol. The average Bonchev–Trinajstić information content (AvgIpc) is 3.36. The van der Waals surface area contributed by atoms with E-state index < -0.39 is 0 Å².